The van der Waals surface area contributed by atoms with Gasteiger partial charge in [0, 0.05) is 6.04 Å². The van der Waals surface area contributed by atoms with Gasteiger partial charge in [0.2, 0.25) is 11.8 Å². The minimum Gasteiger partial charge on any atom is -0.352 e. The molecule has 2 amide bonds. The second-order valence-corrected chi connectivity index (χ2v) is 7.23. The molecule has 0 bridgehead atoms. The van der Waals surface area contributed by atoms with Crippen LogP contribution in [0.4, 0.5) is 0 Å². The van der Waals surface area contributed by atoms with Crippen molar-refractivity contribution < 1.29 is 9.59 Å². The summed E-state index contributed by atoms with van der Waals surface area (Å²) in [5, 5.41) is 6.07. The van der Waals surface area contributed by atoms with Crippen molar-refractivity contribution in [3.63, 3.8) is 0 Å². The van der Waals surface area contributed by atoms with Gasteiger partial charge in [0.05, 0.1) is 19.1 Å². The molecule has 1 fully saturated rings. The number of likely N-dealkylation sites (N-methyl/N-ethyl adjacent to an activating group) is 1. The molecule has 0 aliphatic heterocycles. The Morgan fingerprint density at radius 2 is 1.56 bits per heavy atom. The zero-order chi connectivity index (χ0) is 19.1. The molecule has 5 heteroatoms. The number of hydrogen-bond donors (Lipinski definition) is 2. The molecule has 1 atom stereocenters. The van der Waals surface area contributed by atoms with Gasteiger partial charge in [-0.25, -0.2) is 0 Å². The zero-order valence-corrected chi connectivity index (χ0v) is 15.7. The molecular weight excluding hydrogens is 338 g/mol. The van der Waals surface area contributed by atoms with Crippen LogP contribution in [0.2, 0.25) is 0 Å². The highest BCUT2D eigenvalue weighted by molar-refractivity contribution is 5.81. The van der Waals surface area contributed by atoms with Crippen LogP contribution in [0.5, 0.6) is 0 Å². The molecule has 142 valence electrons. The topological polar surface area (TPSA) is 61.4 Å². The Morgan fingerprint density at radius 3 is 2.19 bits per heavy atom. The van der Waals surface area contributed by atoms with Gasteiger partial charge < -0.3 is 10.6 Å². The number of carbonyl (C=O) groups excluding carboxylic acids is 2. The second-order valence-electron chi connectivity index (χ2n) is 7.23. The van der Waals surface area contributed by atoms with Crippen LogP contribution in [0.15, 0.2) is 60.7 Å². The van der Waals surface area contributed by atoms with Crippen molar-refractivity contribution in [3.05, 3.63) is 71.8 Å². The fourth-order valence-electron chi connectivity index (χ4n) is 3.07. The van der Waals surface area contributed by atoms with Gasteiger partial charge >= 0.3 is 0 Å². The molecule has 27 heavy (non-hydrogen) atoms. The molecule has 1 saturated carbocycles. The predicted octanol–water partition coefficient (Wildman–Crippen LogP) is 2.30. The van der Waals surface area contributed by atoms with Crippen molar-refractivity contribution in [1.29, 1.82) is 0 Å². The number of benzene rings is 2. The summed E-state index contributed by atoms with van der Waals surface area (Å²) in [6.07, 6.45) is 2.85. The van der Waals surface area contributed by atoms with Crippen LogP contribution in [-0.2, 0) is 16.0 Å². The summed E-state index contributed by atoms with van der Waals surface area (Å²) in [6.45, 7) is 0.425. The van der Waals surface area contributed by atoms with Crippen LogP contribution in [0.3, 0.4) is 0 Å². The number of carbonyl (C=O) groups is 2. The molecule has 5 nitrogen and oxygen atoms in total. The summed E-state index contributed by atoms with van der Waals surface area (Å²) in [5.41, 5.74) is 2.24. The summed E-state index contributed by atoms with van der Waals surface area (Å²) in [4.78, 5) is 26.2. The van der Waals surface area contributed by atoms with Crippen molar-refractivity contribution in [1.82, 2.24) is 15.5 Å². The largest absolute Gasteiger partial charge is 0.352 e. The van der Waals surface area contributed by atoms with E-state index in [0.717, 1.165) is 24.8 Å². The molecular formula is C22H27N3O2. The molecule has 2 aromatic rings. The molecule has 0 spiro atoms. The van der Waals surface area contributed by atoms with E-state index in [0.29, 0.717) is 6.04 Å². The number of rotatable bonds is 9. The lowest BCUT2D eigenvalue weighted by Gasteiger charge is -2.22. The number of amides is 2. The number of nitrogens with zero attached hydrogens (tertiary/aromatic N) is 1. The van der Waals surface area contributed by atoms with Gasteiger partial charge in [-0.2, -0.15) is 0 Å². The van der Waals surface area contributed by atoms with Crippen LogP contribution >= 0.6 is 0 Å². The highest BCUT2D eigenvalue weighted by Gasteiger charge is 2.24. The normalized spacial score (nSPS) is 14.6. The van der Waals surface area contributed by atoms with Gasteiger partial charge in [-0.05, 0) is 37.4 Å². The van der Waals surface area contributed by atoms with E-state index in [1.165, 1.54) is 5.56 Å². The van der Waals surface area contributed by atoms with Crippen molar-refractivity contribution in [2.45, 2.75) is 31.3 Å². The van der Waals surface area contributed by atoms with Crippen LogP contribution in [0.1, 0.15) is 30.0 Å². The second kappa shape index (κ2) is 9.33. The fraction of sp³-hybridized carbons (Fsp3) is 0.364. The van der Waals surface area contributed by atoms with E-state index in [9.17, 15) is 9.59 Å². The molecule has 2 N–H and O–H groups in total. The number of nitrogens with one attached hydrogen (secondary N) is 2. The zero-order valence-electron chi connectivity index (χ0n) is 15.7. The Balaban J connectivity index is 1.57. The minimum atomic E-state index is -0.102. The molecule has 0 heterocycles. The summed E-state index contributed by atoms with van der Waals surface area (Å²) in [5.74, 6) is -0.0989. The average molecular weight is 365 g/mol. The summed E-state index contributed by atoms with van der Waals surface area (Å²) in [6, 6.07) is 20.4. The van der Waals surface area contributed by atoms with Crippen molar-refractivity contribution in [2.75, 3.05) is 20.1 Å². The Kier molecular flexibility index (Phi) is 6.60. The molecule has 1 aliphatic rings. The average Bonchev–Trinajstić information content (AvgIpc) is 3.46. The van der Waals surface area contributed by atoms with Crippen LogP contribution < -0.4 is 10.6 Å². The minimum absolute atomic E-state index is 0.0169. The van der Waals surface area contributed by atoms with E-state index in [2.05, 4.69) is 22.8 Å². The first kappa shape index (κ1) is 19.1. The standard InChI is InChI=1S/C22H27N3O2/c1-25(15-21(26)23-19-12-13-19)16-22(27)24-20(18-10-6-3-7-11-18)14-17-8-4-2-5-9-17/h2-11,19-20H,12-16H2,1H3,(H,23,26)(H,24,27). The fourth-order valence-corrected chi connectivity index (χ4v) is 3.07. The van der Waals surface area contributed by atoms with E-state index < -0.39 is 0 Å². The monoisotopic (exact) mass is 365 g/mol. The smallest absolute Gasteiger partial charge is 0.234 e. The third-order valence-corrected chi connectivity index (χ3v) is 4.59. The molecule has 1 unspecified atom stereocenters. The molecule has 2 aromatic carbocycles. The molecule has 0 radical (unpaired) electrons. The lowest BCUT2D eigenvalue weighted by atomic mass is 9.99. The van der Waals surface area contributed by atoms with Crippen LogP contribution in [0.25, 0.3) is 0 Å². The SMILES string of the molecule is CN(CC(=O)NC1CC1)CC(=O)NC(Cc1ccccc1)c1ccccc1. The molecule has 3 rings (SSSR count). The van der Waals surface area contributed by atoms with Crippen molar-refractivity contribution >= 4 is 11.8 Å². The first-order valence-electron chi connectivity index (χ1n) is 9.46. The maximum atomic E-state index is 12.6. The van der Waals surface area contributed by atoms with E-state index in [1.54, 1.807) is 11.9 Å². The predicted molar refractivity (Wildman–Crippen MR) is 106 cm³/mol. The Labute approximate surface area is 160 Å². The first-order valence-corrected chi connectivity index (χ1v) is 9.46. The van der Waals surface area contributed by atoms with Gasteiger partial charge in [0.25, 0.3) is 0 Å². The Morgan fingerprint density at radius 1 is 0.963 bits per heavy atom. The van der Waals surface area contributed by atoms with Gasteiger partial charge in [-0.3, -0.25) is 14.5 Å². The van der Waals surface area contributed by atoms with Crippen molar-refractivity contribution in [2.24, 2.45) is 0 Å². The molecule has 0 saturated heterocycles. The van der Waals surface area contributed by atoms with Crippen molar-refractivity contribution in [3.8, 4) is 0 Å². The lowest BCUT2D eigenvalue weighted by molar-refractivity contribution is -0.125. The van der Waals surface area contributed by atoms with E-state index in [1.807, 2.05) is 48.5 Å². The van der Waals surface area contributed by atoms with Gasteiger partial charge in [0.1, 0.15) is 0 Å². The van der Waals surface area contributed by atoms with E-state index >= 15 is 0 Å². The third-order valence-electron chi connectivity index (χ3n) is 4.59. The summed E-state index contributed by atoms with van der Waals surface area (Å²) >= 11 is 0. The molecule has 1 aliphatic carbocycles. The Bertz CT molecular complexity index is 745. The maximum Gasteiger partial charge on any atom is 0.234 e. The van der Waals surface area contributed by atoms with Crippen LogP contribution in [0, 0.1) is 0 Å². The van der Waals surface area contributed by atoms with Gasteiger partial charge in [0.15, 0.2) is 0 Å². The maximum absolute atomic E-state index is 12.6. The third kappa shape index (κ3) is 6.53. The van der Waals surface area contributed by atoms with Crippen LogP contribution in [-0.4, -0.2) is 42.9 Å². The quantitative estimate of drug-likeness (QED) is 0.717. The lowest BCUT2D eigenvalue weighted by Crippen LogP contribution is -2.42. The number of hydrogen-bond acceptors (Lipinski definition) is 3. The highest BCUT2D eigenvalue weighted by atomic mass is 16.2. The van der Waals surface area contributed by atoms with E-state index in [-0.39, 0.29) is 30.9 Å². The summed E-state index contributed by atoms with van der Waals surface area (Å²) < 4.78 is 0. The summed E-state index contributed by atoms with van der Waals surface area (Å²) in [7, 11) is 1.79. The molecule has 0 aromatic heterocycles. The first-order chi connectivity index (χ1) is 13.1. The highest BCUT2D eigenvalue weighted by Crippen LogP contribution is 2.19. The van der Waals surface area contributed by atoms with E-state index in [4.69, 9.17) is 0 Å². The van der Waals surface area contributed by atoms with Gasteiger partial charge in [-0.1, -0.05) is 60.7 Å². The van der Waals surface area contributed by atoms with Gasteiger partial charge in [-0.15, -0.1) is 0 Å². The Hall–Kier alpha value is -2.66.